The van der Waals surface area contributed by atoms with E-state index in [4.69, 9.17) is 0 Å². The number of carbonyl (C=O) groups excluding carboxylic acids is 1. The summed E-state index contributed by atoms with van der Waals surface area (Å²) in [5.74, 6) is 0.728. The maximum absolute atomic E-state index is 12.8. The van der Waals surface area contributed by atoms with Crippen molar-refractivity contribution in [2.24, 2.45) is 5.92 Å². The van der Waals surface area contributed by atoms with Crippen molar-refractivity contribution in [1.82, 2.24) is 19.9 Å². The summed E-state index contributed by atoms with van der Waals surface area (Å²) < 4.78 is 0. The normalized spacial score (nSPS) is 16.9. The number of aryl methyl sites for hydroxylation is 1. The smallest absolute Gasteiger partial charge is 0.231 e. The monoisotopic (exact) mass is 380 g/mol. The topological polar surface area (TPSA) is 83.9 Å². The van der Waals surface area contributed by atoms with Gasteiger partial charge in [-0.15, -0.1) is 0 Å². The maximum Gasteiger partial charge on any atom is 0.231 e. The summed E-state index contributed by atoms with van der Waals surface area (Å²) in [6.07, 6.45) is 8.64. The molecule has 7 nitrogen and oxygen atoms in total. The highest BCUT2D eigenvalue weighted by molar-refractivity contribution is 7.19. The van der Waals surface area contributed by atoms with Crippen LogP contribution in [0.1, 0.15) is 18.5 Å². The van der Waals surface area contributed by atoms with Crippen molar-refractivity contribution < 1.29 is 4.79 Å². The van der Waals surface area contributed by atoms with Gasteiger partial charge in [-0.2, -0.15) is 0 Å². The highest BCUT2D eigenvalue weighted by atomic mass is 32.1. The van der Waals surface area contributed by atoms with E-state index in [2.05, 4.69) is 30.2 Å². The number of rotatable bonds is 4. The minimum Gasteiger partial charge on any atom is -0.355 e. The molecule has 1 unspecified atom stereocenters. The number of thiazole rings is 1. The molecule has 1 saturated heterocycles. The third kappa shape index (κ3) is 3.95. The Morgan fingerprint density at radius 2 is 2.19 bits per heavy atom. The molecule has 0 spiro atoms. The van der Waals surface area contributed by atoms with Gasteiger partial charge in [-0.3, -0.25) is 14.8 Å². The average molecular weight is 380 g/mol. The van der Waals surface area contributed by atoms with Gasteiger partial charge in [0.15, 0.2) is 5.13 Å². The van der Waals surface area contributed by atoms with Gasteiger partial charge in [-0.05, 0) is 31.9 Å². The molecule has 0 aliphatic carbocycles. The Morgan fingerprint density at radius 1 is 1.26 bits per heavy atom. The number of pyridine rings is 1. The van der Waals surface area contributed by atoms with Crippen molar-refractivity contribution >= 4 is 28.2 Å². The fourth-order valence-electron chi connectivity index (χ4n) is 3.25. The summed E-state index contributed by atoms with van der Waals surface area (Å²) in [7, 11) is 0. The van der Waals surface area contributed by atoms with Crippen LogP contribution in [0.25, 0.3) is 10.6 Å². The number of amides is 1. The Hall–Kier alpha value is -2.87. The number of nitrogens with zero attached hydrogens (tertiary/aromatic N) is 5. The fourth-order valence-corrected chi connectivity index (χ4v) is 4.19. The van der Waals surface area contributed by atoms with Gasteiger partial charge in [0, 0.05) is 31.7 Å². The third-order valence-electron chi connectivity index (χ3n) is 4.59. The molecule has 1 amide bonds. The lowest BCUT2D eigenvalue weighted by Crippen LogP contribution is -2.41. The predicted octanol–water partition coefficient (Wildman–Crippen LogP) is 3.16. The molecule has 1 atom stereocenters. The molecule has 1 fully saturated rings. The molecule has 138 valence electrons. The minimum absolute atomic E-state index is 0.00455. The third-order valence-corrected chi connectivity index (χ3v) is 5.69. The molecular weight excluding hydrogens is 360 g/mol. The van der Waals surface area contributed by atoms with E-state index in [1.807, 2.05) is 25.1 Å². The molecule has 8 heteroatoms. The molecule has 4 rings (SSSR count). The highest BCUT2D eigenvalue weighted by Gasteiger charge is 2.27. The quantitative estimate of drug-likeness (QED) is 0.748. The van der Waals surface area contributed by atoms with E-state index in [0.29, 0.717) is 11.7 Å². The lowest BCUT2D eigenvalue weighted by atomic mass is 9.97. The number of nitrogens with one attached hydrogen (secondary N) is 1. The molecule has 4 heterocycles. The maximum atomic E-state index is 12.8. The van der Waals surface area contributed by atoms with Crippen LogP contribution in [-0.4, -0.2) is 38.9 Å². The van der Waals surface area contributed by atoms with Gasteiger partial charge >= 0.3 is 0 Å². The number of anilines is 2. The Morgan fingerprint density at radius 3 is 2.96 bits per heavy atom. The van der Waals surface area contributed by atoms with Crippen molar-refractivity contribution in [1.29, 1.82) is 0 Å². The summed E-state index contributed by atoms with van der Waals surface area (Å²) in [5, 5.41) is 3.61. The predicted molar refractivity (Wildman–Crippen MR) is 106 cm³/mol. The molecule has 0 bridgehead atoms. The first-order valence-electron chi connectivity index (χ1n) is 8.91. The molecular formula is C19H20N6OS. The van der Waals surface area contributed by atoms with Crippen LogP contribution in [0.3, 0.4) is 0 Å². The SMILES string of the molecule is Cc1nc(NC(=O)C2CCCN(c3cnccn3)C2)sc1-c1ccccn1. The number of aromatic nitrogens is 4. The van der Waals surface area contributed by atoms with Crippen LogP contribution in [0.4, 0.5) is 10.9 Å². The Kier molecular flexibility index (Phi) is 5.06. The second kappa shape index (κ2) is 7.79. The molecule has 27 heavy (non-hydrogen) atoms. The van der Waals surface area contributed by atoms with Crippen molar-refractivity contribution in [3.63, 3.8) is 0 Å². The van der Waals surface area contributed by atoms with Crippen LogP contribution < -0.4 is 10.2 Å². The van der Waals surface area contributed by atoms with Gasteiger partial charge in [-0.25, -0.2) is 9.97 Å². The van der Waals surface area contributed by atoms with E-state index in [-0.39, 0.29) is 11.8 Å². The van der Waals surface area contributed by atoms with Crippen molar-refractivity contribution in [2.75, 3.05) is 23.3 Å². The average Bonchev–Trinajstić information content (AvgIpc) is 3.09. The van der Waals surface area contributed by atoms with Gasteiger partial charge in [-0.1, -0.05) is 17.4 Å². The van der Waals surface area contributed by atoms with Crippen molar-refractivity contribution in [3.8, 4) is 10.6 Å². The Bertz CT molecular complexity index is 914. The molecule has 0 radical (unpaired) electrons. The number of piperidine rings is 1. The standard InChI is InChI=1S/C19H20N6OS/c1-13-17(15-6-2-3-7-21-15)27-19(23-13)24-18(26)14-5-4-10-25(12-14)16-11-20-8-9-22-16/h2-3,6-9,11,14H,4-5,10,12H2,1H3,(H,23,24,26). The first kappa shape index (κ1) is 17.5. The van der Waals surface area contributed by atoms with Gasteiger partial charge in [0.1, 0.15) is 5.82 Å². The van der Waals surface area contributed by atoms with Crippen molar-refractivity contribution in [2.45, 2.75) is 19.8 Å². The van der Waals surface area contributed by atoms with Crippen LogP contribution in [0.2, 0.25) is 0 Å². The van der Waals surface area contributed by atoms with E-state index in [1.165, 1.54) is 11.3 Å². The van der Waals surface area contributed by atoms with Gasteiger partial charge in [0.05, 0.1) is 28.4 Å². The molecule has 0 saturated carbocycles. The van der Waals surface area contributed by atoms with Gasteiger partial charge < -0.3 is 10.2 Å². The Labute approximate surface area is 161 Å². The number of carbonyl (C=O) groups is 1. The summed E-state index contributed by atoms with van der Waals surface area (Å²) >= 11 is 1.46. The fraction of sp³-hybridized carbons (Fsp3) is 0.316. The minimum atomic E-state index is -0.0942. The van der Waals surface area contributed by atoms with Crippen LogP contribution >= 0.6 is 11.3 Å². The molecule has 0 aromatic carbocycles. The largest absolute Gasteiger partial charge is 0.355 e. The Balaban J connectivity index is 1.45. The first-order valence-corrected chi connectivity index (χ1v) is 9.73. The van der Waals surface area contributed by atoms with Gasteiger partial charge in [0.25, 0.3) is 0 Å². The summed E-state index contributed by atoms with van der Waals surface area (Å²) in [6, 6.07) is 5.78. The zero-order valence-corrected chi connectivity index (χ0v) is 15.8. The zero-order chi connectivity index (χ0) is 18.6. The van der Waals surface area contributed by atoms with E-state index < -0.39 is 0 Å². The molecule has 1 aliphatic rings. The zero-order valence-electron chi connectivity index (χ0n) is 15.0. The van der Waals surface area contributed by atoms with Gasteiger partial charge in [0.2, 0.25) is 5.91 Å². The van der Waals surface area contributed by atoms with Crippen LogP contribution in [-0.2, 0) is 4.79 Å². The highest BCUT2D eigenvalue weighted by Crippen LogP contribution is 2.32. The molecule has 1 N–H and O–H groups in total. The molecule has 3 aromatic heterocycles. The van der Waals surface area contributed by atoms with Crippen LogP contribution in [0, 0.1) is 12.8 Å². The second-order valence-electron chi connectivity index (χ2n) is 6.49. The summed E-state index contributed by atoms with van der Waals surface area (Å²) in [4.78, 5) is 33.2. The van der Waals surface area contributed by atoms with E-state index in [0.717, 1.165) is 41.5 Å². The van der Waals surface area contributed by atoms with E-state index in [9.17, 15) is 4.79 Å². The molecule has 1 aliphatic heterocycles. The second-order valence-corrected chi connectivity index (χ2v) is 7.49. The molecule has 3 aromatic rings. The van der Waals surface area contributed by atoms with Crippen LogP contribution in [0.15, 0.2) is 43.0 Å². The number of hydrogen-bond acceptors (Lipinski definition) is 7. The van der Waals surface area contributed by atoms with E-state index >= 15 is 0 Å². The summed E-state index contributed by atoms with van der Waals surface area (Å²) in [5.41, 5.74) is 1.75. The van der Waals surface area contributed by atoms with Crippen LogP contribution in [0.5, 0.6) is 0 Å². The van der Waals surface area contributed by atoms with Crippen molar-refractivity contribution in [3.05, 3.63) is 48.7 Å². The van der Waals surface area contributed by atoms with E-state index in [1.54, 1.807) is 24.8 Å². The number of hydrogen-bond donors (Lipinski definition) is 1. The lowest BCUT2D eigenvalue weighted by Gasteiger charge is -2.32. The summed E-state index contributed by atoms with van der Waals surface area (Å²) in [6.45, 7) is 3.47. The lowest BCUT2D eigenvalue weighted by molar-refractivity contribution is -0.120. The first-order chi connectivity index (χ1) is 13.2.